The molecule has 0 aromatic heterocycles. The molecule has 0 saturated heterocycles. The highest BCUT2D eigenvalue weighted by molar-refractivity contribution is 5.95. The molecule has 3 rings (SSSR count). The Labute approximate surface area is 126 Å². The average molecular weight is 287 g/mol. The molecule has 1 atom stereocenters. The lowest BCUT2D eigenvalue weighted by Crippen LogP contribution is -2.22. The number of hydrogen-bond donors (Lipinski definition) is 2. The number of hydrogen-bond acceptors (Lipinski definition) is 2. The van der Waals surface area contributed by atoms with Crippen LogP contribution in [0.2, 0.25) is 0 Å². The topological polar surface area (TPSA) is 49.3 Å². The van der Waals surface area contributed by atoms with Crippen molar-refractivity contribution in [2.75, 3.05) is 5.32 Å². The maximum atomic E-state index is 11.6. The number of nitrogens with one attached hydrogen (secondary N) is 1. The van der Waals surface area contributed by atoms with Crippen LogP contribution in [0.4, 0.5) is 5.69 Å². The van der Waals surface area contributed by atoms with Crippen LogP contribution in [0.5, 0.6) is 0 Å². The molecule has 1 aliphatic heterocycles. The Hall–Kier alpha value is -1.35. The minimum atomic E-state index is -0.355. The van der Waals surface area contributed by atoms with Gasteiger partial charge in [-0.1, -0.05) is 25.3 Å². The molecule has 21 heavy (non-hydrogen) atoms. The zero-order valence-corrected chi connectivity index (χ0v) is 13.0. The molecule has 2 N–H and O–H groups in total. The maximum absolute atomic E-state index is 11.6. The first kappa shape index (κ1) is 14.6. The van der Waals surface area contributed by atoms with Crippen LogP contribution in [0.25, 0.3) is 0 Å². The average Bonchev–Trinajstić information content (AvgIpc) is 2.51. The molecule has 1 aromatic rings. The summed E-state index contributed by atoms with van der Waals surface area (Å²) in [4.78, 5) is 11.6. The lowest BCUT2D eigenvalue weighted by Gasteiger charge is -2.30. The van der Waals surface area contributed by atoms with Gasteiger partial charge in [0, 0.05) is 12.1 Å². The van der Waals surface area contributed by atoms with Crippen LogP contribution in [0.3, 0.4) is 0 Å². The SMILES string of the molecule is Cc1c(C(O)C2CCCCC2)cc2c(c1C)NC(=O)CC2. The third-order valence-electron chi connectivity index (χ3n) is 5.32. The van der Waals surface area contributed by atoms with Crippen molar-refractivity contribution in [3.8, 4) is 0 Å². The Balaban J connectivity index is 1.95. The van der Waals surface area contributed by atoms with Crippen molar-refractivity contribution in [3.05, 3.63) is 28.3 Å². The second-order valence-electron chi connectivity index (χ2n) is 6.64. The van der Waals surface area contributed by atoms with Crippen LogP contribution >= 0.6 is 0 Å². The second kappa shape index (κ2) is 5.80. The molecular weight excluding hydrogens is 262 g/mol. The summed E-state index contributed by atoms with van der Waals surface area (Å²) in [7, 11) is 0. The van der Waals surface area contributed by atoms with E-state index >= 15 is 0 Å². The predicted molar refractivity (Wildman–Crippen MR) is 84.4 cm³/mol. The molecule has 0 bridgehead atoms. The van der Waals surface area contributed by atoms with Gasteiger partial charge in [0.05, 0.1) is 6.10 Å². The van der Waals surface area contributed by atoms with Crippen molar-refractivity contribution in [1.82, 2.24) is 0 Å². The fraction of sp³-hybridized carbons (Fsp3) is 0.611. The molecule has 3 heteroatoms. The molecule has 1 aliphatic carbocycles. The highest BCUT2D eigenvalue weighted by atomic mass is 16.3. The minimum Gasteiger partial charge on any atom is -0.388 e. The van der Waals surface area contributed by atoms with E-state index in [1.165, 1.54) is 24.8 Å². The summed E-state index contributed by atoms with van der Waals surface area (Å²) in [6.07, 6.45) is 7.02. The Morgan fingerprint density at radius 2 is 1.86 bits per heavy atom. The number of aliphatic hydroxyl groups excluding tert-OH is 1. The molecule has 114 valence electrons. The first-order valence-corrected chi connectivity index (χ1v) is 8.19. The molecule has 0 radical (unpaired) electrons. The Bertz CT molecular complexity index is 559. The number of aliphatic hydroxyl groups is 1. The summed E-state index contributed by atoms with van der Waals surface area (Å²) >= 11 is 0. The molecule has 1 saturated carbocycles. The first-order chi connectivity index (χ1) is 10.1. The monoisotopic (exact) mass is 287 g/mol. The van der Waals surface area contributed by atoms with Crippen molar-refractivity contribution >= 4 is 11.6 Å². The quantitative estimate of drug-likeness (QED) is 0.869. The normalized spacial score (nSPS) is 20.8. The highest BCUT2D eigenvalue weighted by Crippen LogP contribution is 2.39. The third-order valence-corrected chi connectivity index (χ3v) is 5.32. The number of anilines is 1. The van der Waals surface area contributed by atoms with E-state index in [-0.39, 0.29) is 12.0 Å². The summed E-state index contributed by atoms with van der Waals surface area (Å²) in [5.41, 5.74) is 5.49. The summed E-state index contributed by atoms with van der Waals surface area (Å²) < 4.78 is 0. The largest absolute Gasteiger partial charge is 0.388 e. The molecular formula is C18H25NO2. The molecule has 0 spiro atoms. The van der Waals surface area contributed by atoms with Gasteiger partial charge in [0.1, 0.15) is 0 Å². The minimum absolute atomic E-state index is 0.102. The van der Waals surface area contributed by atoms with E-state index in [0.717, 1.165) is 41.6 Å². The van der Waals surface area contributed by atoms with Crippen LogP contribution in [0.15, 0.2) is 6.07 Å². The van der Waals surface area contributed by atoms with Crippen LogP contribution < -0.4 is 5.32 Å². The van der Waals surface area contributed by atoms with Crippen LogP contribution in [0.1, 0.15) is 66.9 Å². The zero-order chi connectivity index (χ0) is 15.0. The summed E-state index contributed by atoms with van der Waals surface area (Å²) in [6, 6.07) is 2.14. The molecule has 2 aliphatic rings. The smallest absolute Gasteiger partial charge is 0.224 e. The molecule has 3 nitrogen and oxygen atoms in total. The van der Waals surface area contributed by atoms with E-state index in [4.69, 9.17) is 0 Å². The van der Waals surface area contributed by atoms with Gasteiger partial charge in [-0.05, 0) is 61.3 Å². The molecule has 1 aromatic carbocycles. The lowest BCUT2D eigenvalue weighted by molar-refractivity contribution is -0.116. The van der Waals surface area contributed by atoms with Gasteiger partial charge < -0.3 is 10.4 Å². The van der Waals surface area contributed by atoms with Gasteiger partial charge in [0.25, 0.3) is 0 Å². The van der Waals surface area contributed by atoms with Crippen LogP contribution in [-0.4, -0.2) is 11.0 Å². The van der Waals surface area contributed by atoms with Gasteiger partial charge in [-0.2, -0.15) is 0 Å². The molecule has 1 fully saturated rings. The van der Waals surface area contributed by atoms with Crippen molar-refractivity contribution in [2.45, 2.75) is 64.9 Å². The van der Waals surface area contributed by atoms with Gasteiger partial charge in [0.2, 0.25) is 5.91 Å². The van der Waals surface area contributed by atoms with Gasteiger partial charge in [-0.3, -0.25) is 4.79 Å². The maximum Gasteiger partial charge on any atom is 0.224 e. The molecule has 1 heterocycles. The molecule has 1 unspecified atom stereocenters. The van der Waals surface area contributed by atoms with Crippen molar-refractivity contribution in [2.24, 2.45) is 5.92 Å². The number of aryl methyl sites for hydroxylation is 1. The van der Waals surface area contributed by atoms with Gasteiger partial charge in [-0.25, -0.2) is 0 Å². The number of fused-ring (bicyclic) bond motifs is 1. The van der Waals surface area contributed by atoms with Crippen molar-refractivity contribution < 1.29 is 9.90 Å². The van der Waals surface area contributed by atoms with Gasteiger partial charge in [-0.15, -0.1) is 0 Å². The second-order valence-corrected chi connectivity index (χ2v) is 6.64. The first-order valence-electron chi connectivity index (χ1n) is 8.19. The van der Waals surface area contributed by atoms with Crippen LogP contribution in [-0.2, 0) is 11.2 Å². The predicted octanol–water partition coefficient (Wildman–Crippen LogP) is 3.80. The Morgan fingerprint density at radius 1 is 1.14 bits per heavy atom. The number of carbonyl (C=O) groups is 1. The Kier molecular flexibility index (Phi) is 4.03. The van der Waals surface area contributed by atoms with Gasteiger partial charge in [0.15, 0.2) is 0 Å². The van der Waals surface area contributed by atoms with Crippen molar-refractivity contribution in [1.29, 1.82) is 0 Å². The summed E-state index contributed by atoms with van der Waals surface area (Å²) in [6.45, 7) is 4.12. The van der Waals surface area contributed by atoms with E-state index in [2.05, 4.69) is 25.2 Å². The van der Waals surface area contributed by atoms with E-state index in [0.29, 0.717) is 12.3 Å². The van der Waals surface area contributed by atoms with E-state index in [1.54, 1.807) is 0 Å². The van der Waals surface area contributed by atoms with Gasteiger partial charge >= 0.3 is 0 Å². The number of amides is 1. The van der Waals surface area contributed by atoms with E-state index in [9.17, 15) is 9.90 Å². The summed E-state index contributed by atoms with van der Waals surface area (Å²) in [5, 5.41) is 13.8. The third kappa shape index (κ3) is 2.71. The number of carbonyl (C=O) groups excluding carboxylic acids is 1. The highest BCUT2D eigenvalue weighted by Gasteiger charge is 2.27. The van der Waals surface area contributed by atoms with Crippen molar-refractivity contribution in [3.63, 3.8) is 0 Å². The number of benzene rings is 1. The fourth-order valence-electron chi connectivity index (χ4n) is 3.85. The lowest BCUT2D eigenvalue weighted by atomic mass is 9.80. The van der Waals surface area contributed by atoms with E-state index in [1.807, 2.05) is 0 Å². The molecule has 1 amide bonds. The standard InChI is InChI=1S/C18H25NO2/c1-11-12(2)17-14(8-9-16(20)19-17)10-15(11)18(21)13-6-4-3-5-7-13/h10,13,18,21H,3-9H2,1-2H3,(H,19,20). The Morgan fingerprint density at radius 3 is 2.57 bits per heavy atom. The number of rotatable bonds is 2. The summed E-state index contributed by atoms with van der Waals surface area (Å²) in [5.74, 6) is 0.499. The fourth-order valence-corrected chi connectivity index (χ4v) is 3.85. The van der Waals surface area contributed by atoms with E-state index < -0.39 is 0 Å². The van der Waals surface area contributed by atoms with Crippen LogP contribution in [0, 0.1) is 19.8 Å². The zero-order valence-electron chi connectivity index (χ0n) is 13.0.